The number of pyridine rings is 1. The van der Waals surface area contributed by atoms with E-state index in [-0.39, 0.29) is 24.8 Å². The van der Waals surface area contributed by atoms with E-state index in [1.807, 2.05) is 18.2 Å². The molecule has 2 atom stereocenters. The normalized spacial score (nSPS) is 16.1. The zero-order valence-corrected chi connectivity index (χ0v) is 25.0. The van der Waals surface area contributed by atoms with Gasteiger partial charge in [0.25, 0.3) is 0 Å². The number of carboxylic acids is 2. The first-order chi connectivity index (χ1) is 21.8. The fourth-order valence-electron chi connectivity index (χ4n) is 4.83. The van der Waals surface area contributed by atoms with Crippen LogP contribution >= 0.6 is 0 Å². The van der Waals surface area contributed by atoms with Crippen LogP contribution in [0.3, 0.4) is 0 Å². The summed E-state index contributed by atoms with van der Waals surface area (Å²) < 4.78 is 57.6. The Balaban J connectivity index is 0.000000738. The lowest BCUT2D eigenvalue weighted by molar-refractivity contribution is -0.192. The first-order valence-electron chi connectivity index (χ1n) is 14.4. The van der Waals surface area contributed by atoms with Crippen molar-refractivity contribution in [2.75, 3.05) is 18.5 Å². The molecule has 0 bridgehead atoms. The number of carbonyl (C=O) groups is 3. The predicted molar refractivity (Wildman–Crippen MR) is 159 cm³/mol. The minimum atomic E-state index is -5.08. The number of ether oxygens (including phenoxy) is 2. The van der Waals surface area contributed by atoms with Crippen LogP contribution in [0.5, 0.6) is 0 Å². The second-order valence-corrected chi connectivity index (χ2v) is 10.5. The van der Waals surface area contributed by atoms with E-state index in [9.17, 15) is 32.3 Å². The maximum Gasteiger partial charge on any atom is 0.490 e. The van der Waals surface area contributed by atoms with E-state index < -0.39 is 23.9 Å². The molecule has 3 aromatic rings. The first-order valence-corrected chi connectivity index (χ1v) is 14.4. The fraction of sp³-hybridized carbons (Fsp3) is 0.375. The molecule has 0 spiro atoms. The van der Waals surface area contributed by atoms with E-state index in [4.69, 9.17) is 19.4 Å². The second-order valence-electron chi connectivity index (χ2n) is 10.5. The Bertz CT molecular complexity index is 1460. The second kappa shape index (κ2) is 17.2. The summed E-state index contributed by atoms with van der Waals surface area (Å²) in [5, 5.41) is 19.4. The molecule has 1 fully saturated rings. The van der Waals surface area contributed by atoms with Crippen LogP contribution in [0.4, 0.5) is 28.0 Å². The minimum absolute atomic E-state index is 0.0215. The number of halogens is 4. The maximum absolute atomic E-state index is 13.6. The zero-order chi connectivity index (χ0) is 33.7. The Morgan fingerprint density at radius 3 is 2.35 bits per heavy atom. The monoisotopic (exact) mass is 649 g/mol. The molecule has 14 heteroatoms. The Labute approximate surface area is 263 Å². The number of aliphatic carboxylic acids is 1. The van der Waals surface area contributed by atoms with Gasteiger partial charge in [-0.15, -0.1) is 0 Å². The Morgan fingerprint density at radius 1 is 1.02 bits per heavy atom. The van der Waals surface area contributed by atoms with Gasteiger partial charge in [-0.25, -0.2) is 18.8 Å². The number of aromatic carboxylic acids is 1. The summed E-state index contributed by atoms with van der Waals surface area (Å²) in [5.74, 6) is -4.13. The standard InChI is InChI=1S/C30H34FN3O5.C2HF3O2/c1-21-6-2-8-23(28(21)29(35)36)20-39-27-12-4-11-26(17-27)38-15-14-34(19-22-7-5-13-32-18-22)30(37)33-25-10-3-9-24(31)16-25;3-2(4,5)1(6)7/h2-3,5-10,13,16,18,26-27H,4,11-12,14-15,17,19-20H2,1H3,(H,33,37)(H,35,36);(H,6,7)/t26-,27+;/m0./s1. The Hall–Kier alpha value is -4.56. The van der Waals surface area contributed by atoms with Crippen molar-refractivity contribution < 1.29 is 51.6 Å². The molecule has 46 heavy (non-hydrogen) atoms. The van der Waals surface area contributed by atoms with Crippen LogP contribution in [-0.2, 0) is 27.4 Å². The van der Waals surface area contributed by atoms with E-state index >= 15 is 0 Å². The van der Waals surface area contributed by atoms with Crippen molar-refractivity contribution in [1.82, 2.24) is 9.88 Å². The number of aromatic nitrogens is 1. The average Bonchev–Trinajstić information content (AvgIpc) is 3.00. The molecule has 0 radical (unpaired) electrons. The van der Waals surface area contributed by atoms with Gasteiger partial charge in [0.1, 0.15) is 5.82 Å². The highest BCUT2D eigenvalue weighted by atomic mass is 19.4. The third kappa shape index (κ3) is 11.7. The van der Waals surface area contributed by atoms with Gasteiger partial charge in [0.15, 0.2) is 0 Å². The van der Waals surface area contributed by atoms with Gasteiger partial charge in [-0.1, -0.05) is 30.3 Å². The molecule has 0 saturated heterocycles. The SMILES string of the molecule is Cc1cccc(CO[C@@H]2CCC[C@H](OCCN(Cc3cccnc3)C(=O)Nc3cccc(F)c3)C2)c1C(=O)O.O=C(O)C(F)(F)F. The van der Waals surface area contributed by atoms with E-state index in [2.05, 4.69) is 10.3 Å². The number of anilines is 1. The number of amides is 2. The van der Waals surface area contributed by atoms with Gasteiger partial charge in [-0.3, -0.25) is 4.98 Å². The molecule has 0 aliphatic heterocycles. The van der Waals surface area contributed by atoms with Crippen LogP contribution in [0.2, 0.25) is 0 Å². The number of carbonyl (C=O) groups excluding carboxylic acids is 1. The number of aryl methyl sites for hydroxylation is 1. The van der Waals surface area contributed by atoms with E-state index in [1.54, 1.807) is 48.5 Å². The smallest absolute Gasteiger partial charge is 0.478 e. The molecular weight excluding hydrogens is 614 g/mol. The van der Waals surface area contributed by atoms with E-state index in [0.29, 0.717) is 48.5 Å². The average molecular weight is 650 g/mol. The van der Waals surface area contributed by atoms with Gasteiger partial charge in [-0.2, -0.15) is 13.2 Å². The molecule has 248 valence electrons. The summed E-state index contributed by atoms with van der Waals surface area (Å²) in [6, 6.07) is 14.5. The van der Waals surface area contributed by atoms with Crippen molar-refractivity contribution in [3.8, 4) is 0 Å². The number of benzene rings is 2. The Kier molecular flexibility index (Phi) is 13.4. The summed E-state index contributed by atoms with van der Waals surface area (Å²) in [6.45, 7) is 3.02. The Morgan fingerprint density at radius 2 is 1.72 bits per heavy atom. The molecular formula is C32H35F4N3O7. The number of nitrogens with one attached hydrogen (secondary N) is 1. The van der Waals surface area contributed by atoms with Gasteiger partial charge < -0.3 is 29.9 Å². The third-order valence-electron chi connectivity index (χ3n) is 7.04. The summed E-state index contributed by atoms with van der Waals surface area (Å²) in [7, 11) is 0. The summed E-state index contributed by atoms with van der Waals surface area (Å²) in [6.07, 6.45) is 1.66. The van der Waals surface area contributed by atoms with E-state index in [0.717, 1.165) is 24.8 Å². The molecule has 2 aromatic carbocycles. The van der Waals surface area contributed by atoms with Crippen molar-refractivity contribution in [1.29, 1.82) is 0 Å². The first kappa shape index (κ1) is 35.9. The van der Waals surface area contributed by atoms with Crippen molar-refractivity contribution in [2.45, 2.75) is 64.1 Å². The number of hydrogen-bond acceptors (Lipinski definition) is 6. The number of rotatable bonds is 11. The quantitative estimate of drug-likeness (QED) is 0.202. The van der Waals surface area contributed by atoms with Crippen molar-refractivity contribution in [3.05, 3.63) is 95.1 Å². The molecule has 1 aliphatic rings. The number of urea groups is 1. The largest absolute Gasteiger partial charge is 0.490 e. The van der Waals surface area contributed by atoms with Crippen LogP contribution in [-0.4, -0.2) is 69.6 Å². The molecule has 1 heterocycles. The van der Waals surface area contributed by atoms with Gasteiger partial charge in [0, 0.05) is 31.2 Å². The number of alkyl halides is 3. The highest BCUT2D eigenvalue weighted by Gasteiger charge is 2.38. The van der Waals surface area contributed by atoms with Crippen LogP contribution < -0.4 is 5.32 Å². The van der Waals surface area contributed by atoms with Crippen molar-refractivity contribution >= 4 is 23.7 Å². The molecule has 3 N–H and O–H groups in total. The fourth-order valence-corrected chi connectivity index (χ4v) is 4.83. The molecule has 1 saturated carbocycles. The van der Waals surface area contributed by atoms with E-state index in [1.165, 1.54) is 12.1 Å². The van der Waals surface area contributed by atoms with Crippen LogP contribution in [0, 0.1) is 12.7 Å². The lowest BCUT2D eigenvalue weighted by Gasteiger charge is -2.30. The lowest BCUT2D eigenvalue weighted by atomic mass is 9.94. The maximum atomic E-state index is 13.6. The number of hydrogen-bond donors (Lipinski definition) is 3. The summed E-state index contributed by atoms with van der Waals surface area (Å²) in [4.78, 5) is 39.3. The topological polar surface area (TPSA) is 138 Å². The number of nitrogens with zero attached hydrogens (tertiary/aromatic N) is 2. The van der Waals surface area contributed by atoms with Crippen LogP contribution in [0.1, 0.15) is 52.7 Å². The molecule has 10 nitrogen and oxygen atoms in total. The predicted octanol–water partition coefficient (Wildman–Crippen LogP) is 6.44. The van der Waals surface area contributed by atoms with Gasteiger partial charge in [-0.05, 0) is 73.6 Å². The highest BCUT2D eigenvalue weighted by Crippen LogP contribution is 2.26. The van der Waals surface area contributed by atoms with Gasteiger partial charge in [0.2, 0.25) is 0 Å². The lowest BCUT2D eigenvalue weighted by Crippen LogP contribution is -2.38. The van der Waals surface area contributed by atoms with Crippen LogP contribution in [0.15, 0.2) is 67.0 Å². The summed E-state index contributed by atoms with van der Waals surface area (Å²) in [5.41, 5.74) is 2.93. The van der Waals surface area contributed by atoms with Gasteiger partial charge in [0.05, 0.1) is 31.0 Å². The van der Waals surface area contributed by atoms with Crippen molar-refractivity contribution in [3.63, 3.8) is 0 Å². The zero-order valence-electron chi connectivity index (χ0n) is 25.0. The molecule has 0 unspecified atom stereocenters. The van der Waals surface area contributed by atoms with Gasteiger partial charge >= 0.3 is 24.1 Å². The molecule has 4 rings (SSSR count). The molecule has 2 amide bonds. The minimum Gasteiger partial charge on any atom is -0.478 e. The number of carboxylic acid groups (broad SMARTS) is 2. The third-order valence-corrected chi connectivity index (χ3v) is 7.04. The van der Waals surface area contributed by atoms with Crippen molar-refractivity contribution in [2.24, 2.45) is 0 Å². The molecule has 1 aliphatic carbocycles. The van der Waals surface area contributed by atoms with Crippen LogP contribution in [0.25, 0.3) is 0 Å². The highest BCUT2D eigenvalue weighted by molar-refractivity contribution is 5.91. The molecule has 1 aromatic heterocycles. The summed E-state index contributed by atoms with van der Waals surface area (Å²) >= 11 is 0.